The van der Waals surface area contributed by atoms with Crippen molar-refractivity contribution in [2.75, 3.05) is 13.6 Å². The first-order valence-corrected chi connectivity index (χ1v) is 7.22. The molecule has 0 amide bonds. The molecule has 0 N–H and O–H groups in total. The second-order valence-corrected chi connectivity index (χ2v) is 5.61. The van der Waals surface area contributed by atoms with Crippen LogP contribution in [0, 0.1) is 4.91 Å². The monoisotopic (exact) mass is 240 g/mol. The van der Waals surface area contributed by atoms with Crippen molar-refractivity contribution in [2.24, 2.45) is 5.18 Å². The minimum Gasteiger partial charge on any atom is -0.301 e. The van der Waals surface area contributed by atoms with Crippen LogP contribution in [0.1, 0.15) is 65.2 Å². The Hall–Kier alpha value is -0.440. The average molecular weight is 240 g/mol. The first-order valence-electron chi connectivity index (χ1n) is 7.22. The minimum atomic E-state index is 0.0555. The van der Waals surface area contributed by atoms with Gasteiger partial charge in [-0.1, -0.05) is 44.7 Å². The summed E-state index contributed by atoms with van der Waals surface area (Å²) in [6.07, 6.45) is 9.38. The Kier molecular flexibility index (Phi) is 6.10. The van der Waals surface area contributed by atoms with E-state index in [1.165, 1.54) is 38.5 Å². The summed E-state index contributed by atoms with van der Waals surface area (Å²) in [7, 11) is 2.23. The number of rotatable bonds is 7. The fourth-order valence-electron chi connectivity index (χ4n) is 3.09. The van der Waals surface area contributed by atoms with Crippen LogP contribution in [0.2, 0.25) is 0 Å². The third kappa shape index (κ3) is 3.77. The zero-order valence-corrected chi connectivity index (χ0v) is 11.7. The highest BCUT2D eigenvalue weighted by atomic mass is 16.3. The van der Waals surface area contributed by atoms with Gasteiger partial charge in [0.15, 0.2) is 0 Å². The van der Waals surface area contributed by atoms with Crippen molar-refractivity contribution in [3.05, 3.63) is 4.91 Å². The lowest BCUT2D eigenvalue weighted by Gasteiger charge is -2.47. The number of hydrogen-bond donors (Lipinski definition) is 0. The van der Waals surface area contributed by atoms with Crippen LogP contribution in [0.5, 0.6) is 0 Å². The Morgan fingerprint density at radius 2 is 1.82 bits per heavy atom. The Morgan fingerprint density at radius 1 is 1.24 bits per heavy atom. The van der Waals surface area contributed by atoms with E-state index in [4.69, 9.17) is 0 Å². The number of unbranched alkanes of at least 4 members (excludes halogenated alkanes) is 2. The fraction of sp³-hybridized carbons (Fsp3) is 1.00. The third-order valence-electron chi connectivity index (χ3n) is 4.36. The highest BCUT2D eigenvalue weighted by Crippen LogP contribution is 2.37. The molecule has 3 nitrogen and oxygen atoms in total. The van der Waals surface area contributed by atoms with Crippen LogP contribution in [0.15, 0.2) is 5.18 Å². The molecule has 1 unspecified atom stereocenters. The molecular weight excluding hydrogens is 212 g/mol. The smallest absolute Gasteiger partial charge is 0.0949 e. The molecule has 0 aromatic carbocycles. The molecule has 1 heterocycles. The molecule has 0 spiro atoms. The van der Waals surface area contributed by atoms with Crippen LogP contribution in [0.25, 0.3) is 0 Å². The van der Waals surface area contributed by atoms with Crippen molar-refractivity contribution in [2.45, 2.75) is 76.8 Å². The third-order valence-corrected chi connectivity index (χ3v) is 4.36. The van der Waals surface area contributed by atoms with E-state index >= 15 is 0 Å². The molecule has 1 rings (SSSR count). The van der Waals surface area contributed by atoms with Gasteiger partial charge in [0.1, 0.15) is 0 Å². The van der Waals surface area contributed by atoms with E-state index < -0.39 is 0 Å². The average Bonchev–Trinajstić information content (AvgIpc) is 2.36. The Labute approximate surface area is 106 Å². The summed E-state index contributed by atoms with van der Waals surface area (Å²) in [5.74, 6) is 0. The maximum Gasteiger partial charge on any atom is 0.0949 e. The number of hydrogen-bond acceptors (Lipinski definition) is 3. The highest BCUT2D eigenvalue weighted by molar-refractivity contribution is 4.97. The van der Waals surface area contributed by atoms with E-state index in [1.54, 1.807) is 0 Å². The Morgan fingerprint density at radius 3 is 2.29 bits per heavy atom. The van der Waals surface area contributed by atoms with Gasteiger partial charge >= 0.3 is 0 Å². The van der Waals surface area contributed by atoms with Crippen LogP contribution < -0.4 is 0 Å². The van der Waals surface area contributed by atoms with E-state index in [0.29, 0.717) is 0 Å². The van der Waals surface area contributed by atoms with Gasteiger partial charge in [-0.15, -0.1) is 0 Å². The molecule has 1 fully saturated rings. The summed E-state index contributed by atoms with van der Waals surface area (Å²) in [6, 6.07) is 0.0555. The van der Waals surface area contributed by atoms with Gasteiger partial charge in [-0.05, 0) is 32.7 Å². The Balaban J connectivity index is 2.71. The number of likely N-dealkylation sites (tertiary alicyclic amines) is 1. The van der Waals surface area contributed by atoms with E-state index in [2.05, 4.69) is 31.0 Å². The van der Waals surface area contributed by atoms with E-state index in [1.807, 2.05) is 0 Å². The summed E-state index contributed by atoms with van der Waals surface area (Å²) in [6.45, 7) is 5.52. The molecule has 0 radical (unpaired) electrons. The number of nitrogens with zero attached hydrogens (tertiary/aromatic N) is 2. The summed E-state index contributed by atoms with van der Waals surface area (Å²) in [5.41, 5.74) is 0.253. The first kappa shape index (κ1) is 14.6. The largest absolute Gasteiger partial charge is 0.301 e. The molecule has 1 aliphatic heterocycles. The lowest BCUT2D eigenvalue weighted by atomic mass is 9.77. The second kappa shape index (κ2) is 7.10. The maximum absolute atomic E-state index is 10.8. The summed E-state index contributed by atoms with van der Waals surface area (Å²) >= 11 is 0. The maximum atomic E-state index is 10.8. The van der Waals surface area contributed by atoms with Crippen molar-refractivity contribution < 1.29 is 0 Å². The molecule has 0 saturated carbocycles. The highest BCUT2D eigenvalue weighted by Gasteiger charge is 2.39. The van der Waals surface area contributed by atoms with Crippen molar-refractivity contribution in [1.82, 2.24) is 4.90 Å². The molecule has 17 heavy (non-hydrogen) atoms. The van der Waals surface area contributed by atoms with Crippen LogP contribution in [0.4, 0.5) is 0 Å². The topological polar surface area (TPSA) is 32.7 Å². The predicted molar refractivity (Wildman–Crippen MR) is 73.2 cm³/mol. The number of piperidine rings is 1. The van der Waals surface area contributed by atoms with E-state index in [-0.39, 0.29) is 11.6 Å². The SMILES string of the molecule is CCCCC1(CCCC)CC(N=O)CCN1C. The van der Waals surface area contributed by atoms with Gasteiger partial charge in [0.25, 0.3) is 0 Å². The Bertz CT molecular complexity index is 222. The van der Waals surface area contributed by atoms with Crippen LogP contribution in [-0.2, 0) is 0 Å². The minimum absolute atomic E-state index is 0.0555. The van der Waals surface area contributed by atoms with Gasteiger partial charge in [-0.3, -0.25) is 0 Å². The van der Waals surface area contributed by atoms with Gasteiger partial charge < -0.3 is 4.90 Å². The number of nitroso groups, excluding NO2 is 1. The molecular formula is C14H28N2O. The van der Waals surface area contributed by atoms with Gasteiger partial charge in [-0.25, -0.2) is 0 Å². The van der Waals surface area contributed by atoms with Crippen molar-refractivity contribution in [1.29, 1.82) is 0 Å². The van der Waals surface area contributed by atoms with Crippen LogP contribution >= 0.6 is 0 Å². The van der Waals surface area contributed by atoms with Crippen molar-refractivity contribution in [3.8, 4) is 0 Å². The lowest BCUT2D eigenvalue weighted by Crippen LogP contribution is -2.53. The van der Waals surface area contributed by atoms with Gasteiger partial charge in [0, 0.05) is 12.1 Å². The zero-order chi connectivity index (χ0) is 12.7. The standard InChI is InChI=1S/C14H28N2O/c1-4-6-9-14(10-7-5-2)12-13(15-17)8-11-16(14)3/h13H,4-12H2,1-3H3. The fourth-order valence-corrected chi connectivity index (χ4v) is 3.09. The first-order chi connectivity index (χ1) is 8.18. The molecule has 1 saturated heterocycles. The van der Waals surface area contributed by atoms with E-state index in [9.17, 15) is 4.91 Å². The summed E-state index contributed by atoms with van der Waals surface area (Å²) < 4.78 is 0. The van der Waals surface area contributed by atoms with Crippen molar-refractivity contribution in [3.63, 3.8) is 0 Å². The van der Waals surface area contributed by atoms with Crippen molar-refractivity contribution >= 4 is 0 Å². The van der Waals surface area contributed by atoms with Gasteiger partial charge in [0.2, 0.25) is 0 Å². The molecule has 0 aromatic rings. The molecule has 3 heteroatoms. The van der Waals surface area contributed by atoms with Gasteiger partial charge in [0.05, 0.1) is 6.04 Å². The lowest BCUT2D eigenvalue weighted by molar-refractivity contribution is 0.0426. The quantitative estimate of drug-likeness (QED) is 0.631. The summed E-state index contributed by atoms with van der Waals surface area (Å²) in [4.78, 5) is 13.3. The molecule has 0 aliphatic carbocycles. The molecule has 0 aromatic heterocycles. The second-order valence-electron chi connectivity index (χ2n) is 5.61. The molecule has 1 atom stereocenters. The van der Waals surface area contributed by atoms with Gasteiger partial charge in [-0.2, -0.15) is 4.91 Å². The predicted octanol–water partition coefficient (Wildman–Crippen LogP) is 3.97. The normalized spacial score (nSPS) is 24.8. The van der Waals surface area contributed by atoms with E-state index in [0.717, 1.165) is 19.4 Å². The van der Waals surface area contributed by atoms with Crippen LogP contribution in [-0.4, -0.2) is 30.1 Å². The molecule has 100 valence electrons. The zero-order valence-electron chi connectivity index (χ0n) is 11.7. The summed E-state index contributed by atoms with van der Waals surface area (Å²) in [5, 5.41) is 3.32. The molecule has 1 aliphatic rings. The molecule has 0 bridgehead atoms. The van der Waals surface area contributed by atoms with Crippen LogP contribution in [0.3, 0.4) is 0 Å².